The van der Waals surface area contributed by atoms with Gasteiger partial charge in [-0.05, 0) is 35.6 Å². The molecule has 1 aliphatic rings. The quantitative estimate of drug-likeness (QED) is 0.272. The number of hydrogen-bond acceptors (Lipinski definition) is 9. The number of anilines is 2. The van der Waals surface area contributed by atoms with Gasteiger partial charge in [-0.15, -0.1) is 11.3 Å². The van der Waals surface area contributed by atoms with Crippen molar-refractivity contribution in [2.24, 2.45) is 0 Å². The molecule has 0 spiro atoms. The van der Waals surface area contributed by atoms with E-state index in [4.69, 9.17) is 10.8 Å². The van der Waals surface area contributed by atoms with Crippen molar-refractivity contribution < 1.29 is 14.7 Å². The van der Waals surface area contributed by atoms with E-state index < -0.39 is 28.3 Å². The molecule has 3 heterocycles. The first-order valence-electron chi connectivity index (χ1n) is 11.1. The van der Waals surface area contributed by atoms with E-state index in [2.05, 4.69) is 15.3 Å². The second kappa shape index (κ2) is 8.72. The minimum Gasteiger partial charge on any atom is -0.481 e. The van der Waals surface area contributed by atoms with Gasteiger partial charge in [0, 0.05) is 24.5 Å². The number of carbonyl (C=O) groups is 2. The summed E-state index contributed by atoms with van der Waals surface area (Å²) in [6.45, 7) is 2.84. The van der Waals surface area contributed by atoms with Gasteiger partial charge >= 0.3 is 5.97 Å². The van der Waals surface area contributed by atoms with Crippen LogP contribution in [0, 0.1) is 6.92 Å². The maximum atomic E-state index is 12.7. The average Bonchev–Trinajstić information content (AvgIpc) is 3.16. The smallest absolute Gasteiger partial charge is 0.308 e. The fourth-order valence-electron chi connectivity index (χ4n) is 4.49. The van der Waals surface area contributed by atoms with Crippen molar-refractivity contribution in [3.05, 3.63) is 82.0 Å². The summed E-state index contributed by atoms with van der Waals surface area (Å²) in [6.07, 6.45) is 0.466. The molecule has 2 aromatic carbocycles. The fraction of sp³-hybridized carbons (Fsp3) is 0.250. The number of nitrogens with zero attached hydrogens (tertiary/aromatic N) is 2. The zero-order valence-corrected chi connectivity index (χ0v) is 20.0. The van der Waals surface area contributed by atoms with E-state index in [0.717, 1.165) is 28.0 Å². The van der Waals surface area contributed by atoms with Crippen LogP contribution in [-0.4, -0.2) is 33.5 Å². The van der Waals surface area contributed by atoms with Crippen LogP contribution < -0.4 is 32.4 Å². The summed E-state index contributed by atoms with van der Waals surface area (Å²) < 4.78 is 0. The van der Waals surface area contributed by atoms with Gasteiger partial charge in [0.1, 0.15) is 16.2 Å². The minimum absolute atomic E-state index is 0.00125. The number of aryl methyl sites for hydroxylation is 1. The maximum Gasteiger partial charge on any atom is 0.308 e. The first kappa shape index (κ1) is 23.4. The highest BCUT2D eigenvalue weighted by Gasteiger charge is 2.27. The largest absolute Gasteiger partial charge is 0.481 e. The number of aromatic amines is 1. The number of hydrogen-bond donors (Lipinski definition) is 4. The molecule has 0 bridgehead atoms. The molecule has 11 nitrogen and oxygen atoms in total. The van der Waals surface area contributed by atoms with Crippen LogP contribution >= 0.6 is 11.3 Å². The molecular weight excluding hydrogens is 486 g/mol. The van der Waals surface area contributed by atoms with Gasteiger partial charge in [0.25, 0.3) is 22.3 Å². The molecule has 0 saturated carbocycles. The molecule has 0 fully saturated rings. The average molecular weight is 508 g/mol. The monoisotopic (exact) mass is 507 g/mol. The molecule has 0 radical (unpaired) electrons. The van der Waals surface area contributed by atoms with Crippen LogP contribution in [0.1, 0.15) is 37.7 Å². The number of H-pyrrole nitrogens is 1. The third-order valence-corrected chi connectivity index (χ3v) is 7.59. The number of amides is 1. The summed E-state index contributed by atoms with van der Waals surface area (Å²) in [5.41, 5.74) is 7.71. The molecular formula is C24H21N5O6S. The van der Waals surface area contributed by atoms with Crippen LogP contribution in [0.2, 0.25) is 0 Å². The number of nitrogens with one attached hydrogen (secondary N) is 2. The van der Waals surface area contributed by atoms with Gasteiger partial charge in [0.15, 0.2) is 0 Å². The summed E-state index contributed by atoms with van der Waals surface area (Å²) >= 11 is 1.08. The Morgan fingerprint density at radius 2 is 2.00 bits per heavy atom. The second-order valence-corrected chi connectivity index (χ2v) is 9.78. The van der Waals surface area contributed by atoms with Gasteiger partial charge < -0.3 is 26.0 Å². The normalized spacial score (nSPS) is 13.2. The van der Waals surface area contributed by atoms with E-state index in [9.17, 15) is 24.0 Å². The lowest BCUT2D eigenvalue weighted by Crippen LogP contribution is -2.44. The molecule has 5 rings (SSSR count). The van der Waals surface area contributed by atoms with E-state index >= 15 is 0 Å². The first-order valence-corrected chi connectivity index (χ1v) is 11.9. The molecule has 36 heavy (non-hydrogen) atoms. The number of rotatable bonds is 6. The number of benzene rings is 1. The van der Waals surface area contributed by atoms with Crippen molar-refractivity contribution in [2.75, 3.05) is 17.2 Å². The standard InChI is InChI=1S/C24H21N5O6S/c1-10-14(7-15(30)31)36-24-16(10)22(34)27-21(28-24)23(35)26-8-11-2-3-12-4-5-29(9-13(12)6-11)18-17(25)19(32)20(18)33/h2-3,6H,4-5,7-9,25H2,1H3,(H,26,35)(H,30,31)(H,27,28,34). The van der Waals surface area contributed by atoms with Gasteiger partial charge in [0.2, 0.25) is 5.82 Å². The molecule has 2 aromatic heterocycles. The Hall–Kier alpha value is -4.32. The molecule has 184 valence electrons. The van der Waals surface area contributed by atoms with Gasteiger partial charge in [-0.3, -0.25) is 24.0 Å². The van der Waals surface area contributed by atoms with E-state index in [1.54, 1.807) is 11.8 Å². The summed E-state index contributed by atoms with van der Waals surface area (Å²) in [7, 11) is 0. The fourth-order valence-corrected chi connectivity index (χ4v) is 5.66. The SMILES string of the molecule is Cc1c(CC(=O)O)sc2nc(C(=O)NCc3ccc4c(c3)CN(c3c(N)c(=O)c3=O)CC4)[nH]c(=O)c12. The van der Waals surface area contributed by atoms with E-state index in [-0.39, 0.29) is 35.6 Å². The zero-order chi connectivity index (χ0) is 25.7. The van der Waals surface area contributed by atoms with Gasteiger partial charge in [-0.2, -0.15) is 0 Å². The number of carbonyl (C=O) groups excluding carboxylic acids is 1. The van der Waals surface area contributed by atoms with Crippen molar-refractivity contribution in [1.82, 2.24) is 15.3 Å². The minimum atomic E-state index is -1.01. The molecule has 4 aromatic rings. The van der Waals surface area contributed by atoms with Crippen LogP contribution in [0.5, 0.6) is 0 Å². The predicted molar refractivity (Wildman–Crippen MR) is 134 cm³/mol. The van der Waals surface area contributed by atoms with Gasteiger partial charge in [-0.25, -0.2) is 4.98 Å². The van der Waals surface area contributed by atoms with E-state index in [1.165, 1.54) is 0 Å². The van der Waals surface area contributed by atoms with Crippen LogP contribution in [0.4, 0.5) is 11.4 Å². The summed E-state index contributed by atoms with van der Waals surface area (Å²) in [4.78, 5) is 69.1. The molecule has 5 N–H and O–H groups in total. The van der Waals surface area contributed by atoms with E-state index in [1.807, 2.05) is 18.2 Å². The number of carboxylic acids is 1. The third-order valence-electron chi connectivity index (χ3n) is 6.40. The van der Waals surface area contributed by atoms with Crippen LogP contribution in [0.25, 0.3) is 10.2 Å². The predicted octanol–water partition coefficient (Wildman–Crippen LogP) is 0.591. The number of thiophene rings is 1. The lowest BCUT2D eigenvalue weighted by Gasteiger charge is -2.32. The third kappa shape index (κ3) is 3.94. The molecule has 1 amide bonds. The van der Waals surface area contributed by atoms with Crippen LogP contribution in [0.15, 0.2) is 32.6 Å². The van der Waals surface area contributed by atoms with Crippen LogP contribution in [-0.2, 0) is 30.7 Å². The lowest BCUT2D eigenvalue weighted by atomic mass is 9.96. The Bertz CT molecular complexity index is 1690. The number of nitrogen functional groups attached to an aromatic ring is 1. The number of aromatic nitrogens is 2. The molecule has 12 heteroatoms. The van der Waals surface area contributed by atoms with Crippen molar-refractivity contribution in [3.8, 4) is 0 Å². The highest BCUT2D eigenvalue weighted by molar-refractivity contribution is 7.18. The number of fused-ring (bicyclic) bond motifs is 2. The Morgan fingerprint density at radius 1 is 1.22 bits per heavy atom. The second-order valence-electron chi connectivity index (χ2n) is 8.69. The van der Waals surface area contributed by atoms with Gasteiger partial charge in [-0.1, -0.05) is 18.2 Å². The highest BCUT2D eigenvalue weighted by Crippen LogP contribution is 2.28. The first-order chi connectivity index (χ1) is 17.1. The molecule has 0 aliphatic carbocycles. The van der Waals surface area contributed by atoms with Gasteiger partial charge in [0.05, 0.1) is 11.8 Å². The maximum absolute atomic E-state index is 12.7. The lowest BCUT2D eigenvalue weighted by molar-refractivity contribution is -0.136. The summed E-state index contributed by atoms with van der Waals surface area (Å²) in [6, 6.07) is 5.77. The van der Waals surface area contributed by atoms with Crippen LogP contribution in [0.3, 0.4) is 0 Å². The van der Waals surface area contributed by atoms with Crippen molar-refractivity contribution in [2.45, 2.75) is 32.9 Å². The van der Waals surface area contributed by atoms with Crippen molar-refractivity contribution in [3.63, 3.8) is 0 Å². The van der Waals surface area contributed by atoms with Crippen molar-refractivity contribution in [1.29, 1.82) is 0 Å². The molecule has 0 unspecified atom stereocenters. The number of carboxylic acid groups (broad SMARTS) is 1. The summed E-state index contributed by atoms with van der Waals surface area (Å²) in [5, 5.41) is 12.1. The Kier molecular flexibility index (Phi) is 5.67. The van der Waals surface area contributed by atoms with Crippen molar-refractivity contribution >= 4 is 44.8 Å². The molecule has 1 aliphatic heterocycles. The molecule has 0 saturated heterocycles. The number of aliphatic carboxylic acids is 1. The Labute approximate surface area is 206 Å². The highest BCUT2D eigenvalue weighted by atomic mass is 32.1. The zero-order valence-electron chi connectivity index (χ0n) is 19.1. The van der Waals surface area contributed by atoms with E-state index in [0.29, 0.717) is 34.8 Å². The summed E-state index contributed by atoms with van der Waals surface area (Å²) in [5.74, 6) is -1.74. The topological polar surface area (TPSA) is 176 Å². The Balaban J connectivity index is 1.32. The molecule has 0 atom stereocenters. The number of nitrogens with two attached hydrogens (primary N) is 1. The Morgan fingerprint density at radius 3 is 2.72 bits per heavy atom.